The summed E-state index contributed by atoms with van der Waals surface area (Å²) < 4.78 is 10.6. The van der Waals surface area contributed by atoms with Gasteiger partial charge in [-0.1, -0.05) is 27.7 Å². The lowest BCUT2D eigenvalue weighted by atomic mass is 9.44. The average Bonchev–Trinajstić information content (AvgIpc) is 3.15. The lowest BCUT2D eigenvalue weighted by molar-refractivity contribution is -0.168. The number of methoxy groups -OCH3 is 1. The number of rotatable bonds is 6. The highest BCUT2D eigenvalue weighted by atomic mass is 16.5. The van der Waals surface area contributed by atoms with Crippen LogP contribution >= 0.6 is 0 Å². The van der Waals surface area contributed by atoms with Crippen molar-refractivity contribution in [3.63, 3.8) is 0 Å². The van der Waals surface area contributed by atoms with E-state index in [2.05, 4.69) is 20.8 Å². The molecule has 0 spiro atoms. The van der Waals surface area contributed by atoms with Crippen molar-refractivity contribution < 1.29 is 23.9 Å². The Morgan fingerprint density at radius 2 is 1.73 bits per heavy atom. The zero-order valence-corrected chi connectivity index (χ0v) is 21.4. The molecule has 4 aliphatic carbocycles. The second kappa shape index (κ2) is 9.34. The van der Waals surface area contributed by atoms with Gasteiger partial charge in [-0.3, -0.25) is 14.4 Å². The van der Waals surface area contributed by atoms with Gasteiger partial charge >= 0.3 is 11.9 Å². The minimum Gasteiger partial charge on any atom is -0.469 e. The molecule has 33 heavy (non-hydrogen) atoms. The molecule has 0 saturated heterocycles. The van der Waals surface area contributed by atoms with E-state index in [-0.39, 0.29) is 34.8 Å². The van der Waals surface area contributed by atoms with Crippen LogP contribution < -0.4 is 0 Å². The number of carbonyl (C=O) groups excluding carboxylic acids is 3. The van der Waals surface area contributed by atoms with Gasteiger partial charge in [0.25, 0.3) is 0 Å². The summed E-state index contributed by atoms with van der Waals surface area (Å²) in [6, 6.07) is 0. The summed E-state index contributed by atoms with van der Waals surface area (Å²) in [5.74, 6) is 2.77. The lowest BCUT2D eigenvalue weighted by Gasteiger charge is -2.60. The summed E-state index contributed by atoms with van der Waals surface area (Å²) in [6.07, 6.45) is 9.93. The third-order valence-corrected chi connectivity index (χ3v) is 10.8. The highest BCUT2D eigenvalue weighted by Crippen LogP contribution is 2.67. The Morgan fingerprint density at radius 1 is 1.03 bits per heavy atom. The Hall–Kier alpha value is -1.39. The monoisotopic (exact) mass is 460 g/mol. The van der Waals surface area contributed by atoms with Crippen LogP contribution in [0.2, 0.25) is 0 Å². The number of hydrogen-bond acceptors (Lipinski definition) is 5. The molecule has 0 bridgehead atoms. The Bertz CT molecular complexity index is 776. The van der Waals surface area contributed by atoms with E-state index in [1.165, 1.54) is 20.0 Å². The summed E-state index contributed by atoms with van der Waals surface area (Å²) in [4.78, 5) is 37.2. The van der Waals surface area contributed by atoms with Gasteiger partial charge in [-0.2, -0.15) is 0 Å². The predicted octanol–water partition coefficient (Wildman–Crippen LogP) is 5.74. The molecule has 0 radical (unpaired) electrons. The SMILES string of the molecule is CCC(=O)O[C@@H]1CC[C@@]2(C)[C@H](CC(=O)[C@@H]3[C@@H]2CC[C@]2(C)[C@@H]([C@H](C)CCC(=O)OC)CC[C@@H]32)C1. The zero-order valence-electron chi connectivity index (χ0n) is 21.4. The normalized spacial score (nSPS) is 43.1. The molecule has 4 rings (SSSR count). The highest BCUT2D eigenvalue weighted by Gasteiger charge is 2.63. The number of fused-ring (bicyclic) bond motifs is 5. The second-order valence-electron chi connectivity index (χ2n) is 12.2. The second-order valence-corrected chi connectivity index (χ2v) is 12.2. The van der Waals surface area contributed by atoms with E-state index in [1.54, 1.807) is 0 Å². The lowest BCUT2D eigenvalue weighted by Crippen LogP contribution is -2.57. The maximum atomic E-state index is 13.7. The molecule has 0 heterocycles. The van der Waals surface area contributed by atoms with E-state index in [0.717, 1.165) is 38.5 Å². The number of esters is 2. The van der Waals surface area contributed by atoms with E-state index in [9.17, 15) is 14.4 Å². The predicted molar refractivity (Wildman–Crippen MR) is 126 cm³/mol. The van der Waals surface area contributed by atoms with Crippen molar-refractivity contribution >= 4 is 17.7 Å². The van der Waals surface area contributed by atoms with Gasteiger partial charge in [-0.05, 0) is 91.8 Å². The Morgan fingerprint density at radius 3 is 2.42 bits per heavy atom. The standard InChI is InChI=1S/C28H44O5/c1-6-24(30)33-19-11-13-27(3)18(15-19)16-23(29)26-21-9-8-20(17(2)7-10-25(31)32-5)28(21,4)14-12-22(26)27/h17-22,26H,6-16H2,1-5H3/t17-,18+,19-,20-,21+,22+,26+,27+,28-/m1/s1. The number of carbonyl (C=O) groups is 3. The number of hydrogen-bond donors (Lipinski definition) is 0. The molecule has 4 aliphatic rings. The maximum Gasteiger partial charge on any atom is 0.305 e. The molecule has 0 amide bonds. The van der Waals surface area contributed by atoms with E-state index in [0.29, 0.717) is 54.6 Å². The molecule has 0 aromatic heterocycles. The van der Waals surface area contributed by atoms with E-state index in [1.807, 2.05) is 6.92 Å². The average molecular weight is 461 g/mol. The van der Waals surface area contributed by atoms with Gasteiger partial charge in [0, 0.05) is 25.2 Å². The van der Waals surface area contributed by atoms with Gasteiger partial charge in [0.15, 0.2) is 0 Å². The van der Waals surface area contributed by atoms with Crippen molar-refractivity contribution in [2.24, 2.45) is 46.3 Å². The Balaban J connectivity index is 1.49. The van der Waals surface area contributed by atoms with Crippen LogP contribution in [0.5, 0.6) is 0 Å². The molecule has 4 saturated carbocycles. The van der Waals surface area contributed by atoms with Crippen molar-refractivity contribution in [2.45, 2.75) is 104 Å². The van der Waals surface area contributed by atoms with Crippen LogP contribution in [0.1, 0.15) is 98.3 Å². The van der Waals surface area contributed by atoms with E-state index < -0.39 is 0 Å². The fraction of sp³-hybridized carbons (Fsp3) is 0.893. The topological polar surface area (TPSA) is 69.7 Å². The smallest absolute Gasteiger partial charge is 0.305 e. The third-order valence-electron chi connectivity index (χ3n) is 10.8. The van der Waals surface area contributed by atoms with Gasteiger partial charge in [0.1, 0.15) is 11.9 Å². The van der Waals surface area contributed by atoms with Crippen LogP contribution in [0.3, 0.4) is 0 Å². The van der Waals surface area contributed by atoms with Crippen molar-refractivity contribution in [2.75, 3.05) is 7.11 Å². The first-order chi connectivity index (χ1) is 15.6. The van der Waals surface area contributed by atoms with Crippen LogP contribution in [-0.2, 0) is 23.9 Å². The number of Topliss-reactive ketones (excluding diaryl/α,β-unsaturated/α-hetero) is 1. The molecule has 0 unspecified atom stereocenters. The molecule has 5 nitrogen and oxygen atoms in total. The molecule has 5 heteroatoms. The van der Waals surface area contributed by atoms with E-state index >= 15 is 0 Å². The van der Waals surface area contributed by atoms with Crippen molar-refractivity contribution in [3.8, 4) is 0 Å². The molecule has 0 aromatic carbocycles. The largest absolute Gasteiger partial charge is 0.469 e. The van der Waals surface area contributed by atoms with Crippen LogP contribution in [-0.4, -0.2) is 30.9 Å². The summed E-state index contributed by atoms with van der Waals surface area (Å²) >= 11 is 0. The molecular weight excluding hydrogens is 416 g/mol. The summed E-state index contributed by atoms with van der Waals surface area (Å²) in [6.45, 7) is 9.02. The van der Waals surface area contributed by atoms with Gasteiger partial charge in [0.2, 0.25) is 0 Å². The van der Waals surface area contributed by atoms with Gasteiger partial charge in [0.05, 0.1) is 7.11 Å². The third kappa shape index (κ3) is 4.27. The maximum absolute atomic E-state index is 13.7. The van der Waals surface area contributed by atoms with Gasteiger partial charge in [-0.15, -0.1) is 0 Å². The molecule has 4 fully saturated rings. The fourth-order valence-electron chi connectivity index (χ4n) is 8.89. The first kappa shape index (κ1) is 24.7. The minimum absolute atomic E-state index is 0.0137. The summed E-state index contributed by atoms with van der Waals surface area (Å²) in [5, 5.41) is 0. The number of ketones is 1. The first-order valence-electron chi connectivity index (χ1n) is 13.4. The zero-order chi connectivity index (χ0) is 24.0. The molecule has 0 aromatic rings. The van der Waals surface area contributed by atoms with Crippen LogP contribution in [0.4, 0.5) is 0 Å². The molecule has 0 N–H and O–H groups in total. The van der Waals surface area contributed by atoms with Gasteiger partial charge in [-0.25, -0.2) is 0 Å². The summed E-state index contributed by atoms with van der Waals surface area (Å²) in [7, 11) is 1.46. The van der Waals surface area contributed by atoms with E-state index in [4.69, 9.17) is 9.47 Å². The molecule has 9 atom stereocenters. The van der Waals surface area contributed by atoms with Crippen molar-refractivity contribution in [1.82, 2.24) is 0 Å². The molecular formula is C28H44O5. The van der Waals surface area contributed by atoms with Crippen LogP contribution in [0.25, 0.3) is 0 Å². The highest BCUT2D eigenvalue weighted by molar-refractivity contribution is 5.83. The molecule has 186 valence electrons. The minimum atomic E-state index is -0.119. The first-order valence-corrected chi connectivity index (χ1v) is 13.4. The van der Waals surface area contributed by atoms with Crippen molar-refractivity contribution in [1.29, 1.82) is 0 Å². The van der Waals surface area contributed by atoms with Gasteiger partial charge < -0.3 is 9.47 Å². The Labute approximate surface area is 199 Å². The van der Waals surface area contributed by atoms with Crippen LogP contribution in [0.15, 0.2) is 0 Å². The van der Waals surface area contributed by atoms with Crippen molar-refractivity contribution in [3.05, 3.63) is 0 Å². The number of ether oxygens (including phenoxy) is 2. The summed E-state index contributed by atoms with van der Waals surface area (Å²) in [5.41, 5.74) is 0.382. The van der Waals surface area contributed by atoms with Crippen LogP contribution in [0, 0.1) is 46.3 Å². The Kier molecular flexibility index (Phi) is 7.00. The molecule has 0 aliphatic heterocycles. The fourth-order valence-corrected chi connectivity index (χ4v) is 8.89. The quantitative estimate of drug-likeness (QED) is 0.473.